The second-order valence-electron chi connectivity index (χ2n) is 1.36. The molecule has 4 nitrogen and oxygen atoms in total. The molecule has 10 heavy (non-hydrogen) atoms. The Morgan fingerprint density at radius 3 is 2.80 bits per heavy atom. The third-order valence-corrected chi connectivity index (χ3v) is 1.47. The van der Waals surface area contributed by atoms with Crippen molar-refractivity contribution in [1.82, 2.24) is 4.72 Å². The van der Waals surface area contributed by atoms with E-state index in [4.69, 9.17) is 0 Å². The second-order valence-corrected chi connectivity index (χ2v) is 2.63. The van der Waals surface area contributed by atoms with Gasteiger partial charge in [-0.3, -0.25) is 0 Å². The summed E-state index contributed by atoms with van der Waals surface area (Å²) in [7, 11) is -1.41. The van der Waals surface area contributed by atoms with Gasteiger partial charge in [0.15, 0.2) is 0 Å². The van der Waals surface area contributed by atoms with Crippen molar-refractivity contribution in [2.24, 2.45) is 0 Å². The maximum atomic E-state index is 10.5. The first-order valence-electron chi connectivity index (χ1n) is 2.84. The largest absolute Gasteiger partial charge is 0.451 e. The molecule has 0 rings (SSSR count). The molecule has 0 aromatic carbocycles. The lowest BCUT2D eigenvalue weighted by Gasteiger charge is -2.06. The molecule has 0 atom stereocenters. The number of nitrogens with one attached hydrogen (secondary N) is 1. The number of rotatable bonds is 2. The Morgan fingerprint density at radius 1 is 1.80 bits per heavy atom. The van der Waals surface area contributed by atoms with Crippen LogP contribution in [0, 0.1) is 0 Å². The summed E-state index contributed by atoms with van der Waals surface area (Å²) in [5, 5.41) is 1.36. The van der Waals surface area contributed by atoms with Crippen molar-refractivity contribution in [3.63, 3.8) is 0 Å². The molecule has 0 bridgehead atoms. The summed E-state index contributed by atoms with van der Waals surface area (Å²) in [6, 6.07) is 0. The molecule has 1 N–H and O–H groups in total. The average molecular weight is 164 g/mol. The Bertz CT molecular complexity index is 183. The van der Waals surface area contributed by atoms with Crippen molar-refractivity contribution < 1.29 is 13.7 Å². The zero-order valence-electron chi connectivity index (χ0n) is 5.92. The van der Waals surface area contributed by atoms with Gasteiger partial charge >= 0.3 is 6.09 Å². The zero-order chi connectivity index (χ0) is 7.98. The van der Waals surface area contributed by atoms with E-state index in [1.807, 2.05) is 0 Å². The highest BCUT2D eigenvalue weighted by molar-refractivity contribution is 7.82. The van der Waals surface area contributed by atoms with Gasteiger partial charge in [-0.15, -0.1) is 0 Å². The fourth-order valence-electron chi connectivity index (χ4n) is 0.302. The van der Waals surface area contributed by atoms with Gasteiger partial charge in [-0.05, 0) is 6.92 Å². The highest BCUT2D eigenvalue weighted by Gasteiger charge is 1.89. The number of ether oxygens (including phenoxy) is 1. The maximum absolute atomic E-state index is 10.5. The Kier molecular flexibility index (Phi) is 4.74. The Hall–Kier alpha value is -0.710. The van der Waals surface area contributed by atoms with E-state index >= 15 is 0 Å². The normalized spacial score (nSPS) is 12.6. The lowest BCUT2D eigenvalue weighted by Crippen LogP contribution is -2.22. The lowest BCUT2D eigenvalue weighted by molar-refractivity contribution is 0.159. The van der Waals surface area contributed by atoms with E-state index in [1.165, 1.54) is 5.37 Å². The van der Waals surface area contributed by atoms with Gasteiger partial charge in [0.2, 0.25) is 0 Å². The summed E-state index contributed by atoms with van der Waals surface area (Å²) >= 11 is 0. The minimum atomic E-state index is -1.41. The molecular weight excluding hydrogens is 154 g/mol. The van der Waals surface area contributed by atoms with Crippen LogP contribution in [0.3, 0.4) is 0 Å². The predicted octanol–water partition coefficient (Wildman–Crippen LogP) is 0.433. The summed E-state index contributed by atoms with van der Waals surface area (Å²) < 4.78 is 17.1. The van der Waals surface area contributed by atoms with Crippen LogP contribution in [0.5, 0.6) is 0 Å². The van der Waals surface area contributed by atoms with Crippen LogP contribution in [0.15, 0.2) is 0 Å². The van der Waals surface area contributed by atoms with E-state index in [0.29, 0.717) is 0 Å². The van der Waals surface area contributed by atoms with E-state index in [1.54, 1.807) is 13.8 Å². The van der Waals surface area contributed by atoms with Crippen LogP contribution in [0.2, 0.25) is 0 Å². The van der Waals surface area contributed by atoms with Gasteiger partial charge < -0.3 is 13.7 Å². The SMILES string of the molecule is CC=[S-](=O)NC(=O)OCC. The second kappa shape index (κ2) is 5.10. The first-order chi connectivity index (χ1) is 4.70. The highest BCUT2D eigenvalue weighted by Crippen LogP contribution is 1.74. The molecule has 0 saturated carbocycles. The quantitative estimate of drug-likeness (QED) is 0.475. The minimum Gasteiger partial charge on any atom is -0.451 e. The average Bonchev–Trinajstić information content (AvgIpc) is 1.88. The Morgan fingerprint density at radius 2 is 2.40 bits per heavy atom. The van der Waals surface area contributed by atoms with Crippen molar-refractivity contribution in [3.05, 3.63) is 0 Å². The number of hydrogen-bond donors (Lipinski definition) is 1. The molecule has 0 aliphatic heterocycles. The van der Waals surface area contributed by atoms with Crippen molar-refractivity contribution >= 4 is 22.0 Å². The predicted molar refractivity (Wildman–Crippen MR) is 39.9 cm³/mol. The minimum absolute atomic E-state index is 0.284. The standard InChI is InChI=1S/C5H10NO3S/c1-3-9-5(7)6-10(8)4-2/h4H,3H2,1-2H3,(H,6,7,8)/q-1. The van der Waals surface area contributed by atoms with E-state index in [-0.39, 0.29) is 6.61 Å². The Labute approximate surface area is 61.7 Å². The van der Waals surface area contributed by atoms with Gasteiger partial charge in [-0.2, -0.15) is 15.9 Å². The molecule has 0 fully saturated rings. The van der Waals surface area contributed by atoms with Gasteiger partial charge in [0.05, 0.1) is 6.61 Å². The van der Waals surface area contributed by atoms with Crippen molar-refractivity contribution in [2.45, 2.75) is 13.8 Å². The van der Waals surface area contributed by atoms with E-state index in [0.717, 1.165) is 0 Å². The highest BCUT2D eigenvalue weighted by atomic mass is 32.2. The zero-order valence-corrected chi connectivity index (χ0v) is 6.73. The molecule has 0 aromatic rings. The van der Waals surface area contributed by atoms with Crippen molar-refractivity contribution in [3.8, 4) is 0 Å². The summed E-state index contributed by atoms with van der Waals surface area (Å²) in [6.45, 7) is 3.55. The maximum Gasteiger partial charge on any atom is 0.390 e. The van der Waals surface area contributed by atoms with E-state index in [2.05, 4.69) is 9.46 Å². The third-order valence-electron chi connectivity index (χ3n) is 0.673. The summed E-state index contributed by atoms with van der Waals surface area (Å²) in [4.78, 5) is 10.5. The van der Waals surface area contributed by atoms with Gasteiger partial charge in [0, 0.05) is 0 Å². The Balaban J connectivity index is 3.69. The molecule has 60 valence electrons. The number of carbonyl (C=O) groups is 1. The number of amides is 1. The van der Waals surface area contributed by atoms with E-state index < -0.39 is 16.7 Å². The third kappa shape index (κ3) is 4.20. The molecule has 0 heterocycles. The molecule has 0 saturated heterocycles. The number of hydrogen-bond acceptors (Lipinski definition) is 4. The van der Waals surface area contributed by atoms with Crippen molar-refractivity contribution in [1.29, 1.82) is 0 Å². The van der Waals surface area contributed by atoms with Gasteiger partial charge in [-0.1, -0.05) is 6.92 Å². The molecule has 0 aliphatic carbocycles. The fraction of sp³-hybridized carbons (Fsp3) is 0.600. The summed E-state index contributed by atoms with van der Waals surface area (Å²) in [5.74, 6) is 0. The van der Waals surface area contributed by atoms with Crippen LogP contribution in [0.4, 0.5) is 4.79 Å². The van der Waals surface area contributed by atoms with Gasteiger partial charge in [-0.25, -0.2) is 4.79 Å². The topological polar surface area (TPSA) is 55.4 Å². The molecule has 0 radical (unpaired) electrons. The molecule has 0 spiro atoms. The smallest absolute Gasteiger partial charge is 0.390 e. The number of carbonyl (C=O) groups excluding carboxylic acids is 1. The molecule has 1 amide bonds. The van der Waals surface area contributed by atoms with Gasteiger partial charge in [0.25, 0.3) is 0 Å². The van der Waals surface area contributed by atoms with Crippen LogP contribution < -0.4 is 4.72 Å². The van der Waals surface area contributed by atoms with Crippen molar-refractivity contribution in [2.75, 3.05) is 6.61 Å². The molecular formula is C5H10NO3S-. The fourth-order valence-corrected chi connectivity index (χ4v) is 0.643. The van der Waals surface area contributed by atoms with Gasteiger partial charge in [0.1, 0.15) is 0 Å². The first-order valence-corrected chi connectivity index (χ1v) is 4.05. The van der Waals surface area contributed by atoms with Crippen LogP contribution in [0.1, 0.15) is 13.8 Å². The van der Waals surface area contributed by atoms with Crippen LogP contribution in [0.25, 0.3) is 0 Å². The summed E-state index contributed by atoms with van der Waals surface area (Å²) in [6.07, 6.45) is -0.654. The summed E-state index contributed by atoms with van der Waals surface area (Å²) in [5.41, 5.74) is 0. The lowest BCUT2D eigenvalue weighted by atomic mass is 10.9. The molecule has 0 aromatic heterocycles. The first kappa shape index (κ1) is 9.29. The van der Waals surface area contributed by atoms with Crippen LogP contribution in [-0.4, -0.2) is 18.1 Å². The van der Waals surface area contributed by atoms with Crippen LogP contribution >= 0.6 is 0 Å². The monoisotopic (exact) mass is 164 g/mol. The molecule has 0 unspecified atom stereocenters. The molecule has 5 heteroatoms. The van der Waals surface area contributed by atoms with Crippen LogP contribution in [-0.2, 0) is 19.5 Å². The molecule has 0 aliphatic rings. The van der Waals surface area contributed by atoms with E-state index in [9.17, 15) is 9.00 Å².